The molecule has 36 heavy (non-hydrogen) atoms. The van der Waals surface area contributed by atoms with Crippen LogP contribution in [0.2, 0.25) is 5.04 Å². The lowest BCUT2D eigenvalue weighted by molar-refractivity contribution is 0.0134. The first-order chi connectivity index (χ1) is 16.9. The Morgan fingerprint density at radius 1 is 0.944 bits per heavy atom. The van der Waals surface area contributed by atoms with Gasteiger partial charge in [-0.2, -0.15) is 0 Å². The molecule has 1 N–H and O–H groups in total. The Balaban J connectivity index is 1.89. The molecule has 0 bridgehead atoms. The number of ether oxygens (including phenoxy) is 1. The average Bonchev–Trinajstić information content (AvgIpc) is 3.36. The quantitative estimate of drug-likeness (QED) is 0.354. The molecule has 1 amide bonds. The van der Waals surface area contributed by atoms with Gasteiger partial charge in [0.15, 0.2) is 0 Å². The van der Waals surface area contributed by atoms with Crippen LogP contribution in [0.15, 0.2) is 83.5 Å². The van der Waals surface area contributed by atoms with Crippen molar-refractivity contribution in [3.63, 3.8) is 0 Å². The van der Waals surface area contributed by atoms with Gasteiger partial charge in [-0.25, -0.2) is 4.79 Å². The second-order valence-corrected chi connectivity index (χ2v) is 15.3. The van der Waals surface area contributed by atoms with E-state index in [4.69, 9.17) is 9.15 Å². The molecule has 0 radical (unpaired) electrons. The maximum atomic E-state index is 13.0. The van der Waals surface area contributed by atoms with Crippen molar-refractivity contribution in [2.24, 2.45) is 5.92 Å². The number of hydrogen-bond acceptors (Lipinski definition) is 4. The zero-order chi connectivity index (χ0) is 26.6. The molecule has 0 unspecified atom stereocenters. The van der Waals surface area contributed by atoms with Crippen molar-refractivity contribution in [3.8, 4) is 0 Å². The third-order valence-electron chi connectivity index (χ3n) is 7.06. The molecule has 1 heterocycles. The topological polar surface area (TPSA) is 62.9 Å². The Morgan fingerprint density at radius 2 is 1.47 bits per heavy atom. The molecule has 0 saturated carbocycles. The second kappa shape index (κ2) is 11.1. The largest absolute Gasteiger partial charge is 0.467 e. The fraction of sp³-hybridized carbons (Fsp3) is 0.433. The van der Waals surface area contributed by atoms with Crippen LogP contribution in [0.5, 0.6) is 0 Å². The monoisotopic (exact) mass is 507 g/mol. The summed E-state index contributed by atoms with van der Waals surface area (Å²) in [6.45, 7) is 12.1. The molecule has 0 spiro atoms. The highest BCUT2D eigenvalue weighted by Crippen LogP contribution is 2.43. The molecule has 5 nitrogen and oxygen atoms in total. The first-order valence-electron chi connectivity index (χ1n) is 12.7. The number of furan rings is 1. The molecule has 194 valence electrons. The van der Waals surface area contributed by atoms with E-state index in [0.717, 1.165) is 29.0 Å². The van der Waals surface area contributed by atoms with E-state index in [9.17, 15) is 9.59 Å². The number of carbonyl (C=O) groups excluding carboxylic acids is 1. The molecule has 2 atom stereocenters. The highest BCUT2D eigenvalue weighted by atomic mass is 28.4. The van der Waals surface area contributed by atoms with Crippen LogP contribution in [0.3, 0.4) is 0 Å². The molecule has 0 aliphatic carbocycles. The normalized spacial score (nSPS) is 14.2. The van der Waals surface area contributed by atoms with Crippen molar-refractivity contribution in [3.05, 3.63) is 84.8 Å². The van der Waals surface area contributed by atoms with Crippen LogP contribution in [0, 0.1) is 5.92 Å². The Bertz CT molecular complexity index is 1050. The molecule has 2 aromatic carbocycles. The van der Waals surface area contributed by atoms with Crippen molar-refractivity contribution in [2.45, 2.75) is 71.1 Å². The molecule has 1 aromatic heterocycles. The second-order valence-electron chi connectivity index (χ2n) is 11.4. The average molecular weight is 508 g/mol. The maximum Gasteiger partial charge on any atom is 0.410 e. The summed E-state index contributed by atoms with van der Waals surface area (Å²) in [5.41, 5.74) is -0.586. The number of amides is 1. The highest BCUT2D eigenvalue weighted by molar-refractivity contribution is 6.98. The lowest BCUT2D eigenvalue weighted by atomic mass is 9.90. The van der Waals surface area contributed by atoms with Crippen molar-refractivity contribution in [1.82, 2.24) is 4.90 Å². The van der Waals surface area contributed by atoms with Crippen LogP contribution in [0.4, 0.5) is 4.79 Å². The third-order valence-corrected chi connectivity index (χ3v) is 11.6. The predicted molar refractivity (Wildman–Crippen MR) is 148 cm³/mol. The molecule has 0 aliphatic heterocycles. The van der Waals surface area contributed by atoms with Crippen molar-refractivity contribution in [1.29, 1.82) is 0 Å². The highest BCUT2D eigenvalue weighted by Gasteiger charge is 2.50. The van der Waals surface area contributed by atoms with E-state index >= 15 is 0 Å². The number of rotatable bonds is 9. The van der Waals surface area contributed by atoms with Gasteiger partial charge in [0.2, 0.25) is 0 Å². The third kappa shape index (κ3) is 6.10. The van der Waals surface area contributed by atoms with Crippen LogP contribution in [0.1, 0.15) is 66.2 Å². The van der Waals surface area contributed by atoms with Gasteiger partial charge in [-0.1, -0.05) is 81.4 Å². The number of carbonyl (C=O) groups is 1. The standard InChI is InChI=1S/C30H41NO4Si/c1-23(27(26-19-14-22-34-26)31(7)28(32)35-29(2,3)4)20-21-30(5,6)36(33,24-15-10-8-11-16-24)25-17-12-9-13-18-25/h8-19,22-23,27,33H,20-21H2,1-7H3/t23-,27+/m1/s1. The first kappa shape index (κ1) is 27.7. The van der Waals surface area contributed by atoms with Gasteiger partial charge >= 0.3 is 6.09 Å². The molecule has 3 aromatic rings. The van der Waals surface area contributed by atoms with Gasteiger partial charge in [0.05, 0.1) is 12.3 Å². The van der Waals surface area contributed by atoms with E-state index in [-0.39, 0.29) is 23.1 Å². The van der Waals surface area contributed by atoms with Gasteiger partial charge in [0, 0.05) is 7.05 Å². The van der Waals surface area contributed by atoms with Crippen LogP contribution in [0.25, 0.3) is 0 Å². The molecular formula is C30H41NO4Si. The van der Waals surface area contributed by atoms with E-state index in [2.05, 4.69) is 20.8 Å². The maximum absolute atomic E-state index is 13.0. The van der Waals surface area contributed by atoms with Crippen LogP contribution < -0.4 is 10.4 Å². The van der Waals surface area contributed by atoms with E-state index in [1.165, 1.54) is 0 Å². The Morgan fingerprint density at radius 3 is 1.92 bits per heavy atom. The SMILES string of the molecule is C[C@H](CCC(C)(C)[Si](O)(c1ccccc1)c1ccccc1)[C@@H](c1ccco1)N(C)C(=O)OC(C)(C)C. The van der Waals surface area contributed by atoms with Crippen LogP contribution in [-0.2, 0) is 4.74 Å². The van der Waals surface area contributed by atoms with Crippen LogP contribution in [-0.4, -0.2) is 36.8 Å². The number of benzene rings is 2. The predicted octanol–water partition coefficient (Wildman–Crippen LogP) is 6.14. The van der Waals surface area contributed by atoms with Gasteiger partial charge in [0.1, 0.15) is 11.4 Å². The lowest BCUT2D eigenvalue weighted by Crippen LogP contribution is -2.65. The van der Waals surface area contributed by atoms with E-state index in [1.807, 2.05) is 93.6 Å². The molecule has 6 heteroatoms. The van der Waals surface area contributed by atoms with Gasteiger partial charge in [0.25, 0.3) is 8.32 Å². The summed E-state index contributed by atoms with van der Waals surface area (Å²) in [6, 6.07) is 23.6. The molecule has 0 saturated heterocycles. The Kier molecular flexibility index (Phi) is 8.52. The zero-order valence-electron chi connectivity index (χ0n) is 22.7. The minimum Gasteiger partial charge on any atom is -0.467 e. The minimum absolute atomic E-state index is 0.0674. The summed E-state index contributed by atoms with van der Waals surface area (Å²) in [7, 11) is -1.34. The first-order valence-corrected chi connectivity index (χ1v) is 14.6. The summed E-state index contributed by atoms with van der Waals surface area (Å²) >= 11 is 0. The summed E-state index contributed by atoms with van der Waals surface area (Å²) in [5, 5.41) is 1.63. The Hall–Kier alpha value is -2.83. The van der Waals surface area contributed by atoms with E-state index < -0.39 is 13.9 Å². The molecule has 0 aliphatic rings. The van der Waals surface area contributed by atoms with E-state index in [1.54, 1.807) is 18.2 Å². The van der Waals surface area contributed by atoms with Gasteiger partial charge in [-0.15, -0.1) is 0 Å². The van der Waals surface area contributed by atoms with Crippen LogP contribution >= 0.6 is 0 Å². The molecule has 0 fully saturated rings. The zero-order valence-corrected chi connectivity index (χ0v) is 23.7. The van der Waals surface area contributed by atoms with Gasteiger partial charge < -0.3 is 18.8 Å². The smallest absolute Gasteiger partial charge is 0.410 e. The fourth-order valence-corrected chi connectivity index (χ4v) is 8.75. The van der Waals surface area contributed by atoms with Crippen molar-refractivity contribution >= 4 is 24.8 Å². The number of hydrogen-bond donors (Lipinski definition) is 1. The number of nitrogens with zero attached hydrogens (tertiary/aromatic N) is 1. The lowest BCUT2D eigenvalue weighted by Gasteiger charge is -2.42. The van der Waals surface area contributed by atoms with Gasteiger partial charge in [-0.05, 0) is 67.1 Å². The Labute approximate surface area is 217 Å². The van der Waals surface area contributed by atoms with Gasteiger partial charge in [-0.3, -0.25) is 0 Å². The summed E-state index contributed by atoms with van der Waals surface area (Å²) in [6.07, 6.45) is 2.83. The van der Waals surface area contributed by atoms with Crippen molar-refractivity contribution in [2.75, 3.05) is 7.05 Å². The fourth-order valence-electron chi connectivity index (χ4n) is 4.99. The minimum atomic E-state index is -3.11. The summed E-state index contributed by atoms with van der Waals surface area (Å²) in [5.74, 6) is 0.796. The molecule has 3 rings (SSSR count). The van der Waals surface area contributed by atoms with E-state index in [0.29, 0.717) is 0 Å². The summed E-state index contributed by atoms with van der Waals surface area (Å²) < 4.78 is 11.4. The molecular weight excluding hydrogens is 466 g/mol. The summed E-state index contributed by atoms with van der Waals surface area (Å²) in [4.78, 5) is 27.1. The van der Waals surface area contributed by atoms with Crippen molar-refractivity contribution < 1.29 is 18.7 Å².